The lowest BCUT2D eigenvalue weighted by Gasteiger charge is -2.20. The van der Waals surface area contributed by atoms with Crippen molar-refractivity contribution in [2.75, 3.05) is 33.4 Å². The maximum Gasteiger partial charge on any atom is 0.307 e. The Hall–Kier alpha value is -2.50. The van der Waals surface area contributed by atoms with Gasteiger partial charge in [0.2, 0.25) is 5.91 Å². The molecular formula is C20H29NO5. The molecule has 1 amide bonds. The fourth-order valence-electron chi connectivity index (χ4n) is 2.40. The highest BCUT2D eigenvalue weighted by atomic mass is 16.5. The van der Waals surface area contributed by atoms with Crippen LogP contribution in [-0.4, -0.2) is 50.2 Å². The number of methoxy groups -OCH3 is 1. The van der Waals surface area contributed by atoms with Crippen molar-refractivity contribution in [2.24, 2.45) is 0 Å². The molecule has 6 nitrogen and oxygen atoms in total. The zero-order chi connectivity index (χ0) is 19.4. The van der Waals surface area contributed by atoms with Crippen molar-refractivity contribution in [1.29, 1.82) is 0 Å². The minimum absolute atomic E-state index is 0.135. The van der Waals surface area contributed by atoms with Crippen LogP contribution in [0, 0.1) is 0 Å². The van der Waals surface area contributed by atoms with Gasteiger partial charge in [-0.25, -0.2) is 0 Å². The summed E-state index contributed by atoms with van der Waals surface area (Å²) in [6.07, 6.45) is 4.26. The van der Waals surface area contributed by atoms with Crippen molar-refractivity contribution in [3.8, 4) is 11.5 Å². The van der Waals surface area contributed by atoms with Crippen LogP contribution in [0.1, 0.15) is 39.2 Å². The van der Waals surface area contributed by atoms with E-state index in [4.69, 9.17) is 14.2 Å². The van der Waals surface area contributed by atoms with E-state index in [1.54, 1.807) is 25.0 Å². The molecule has 1 rings (SSSR count). The van der Waals surface area contributed by atoms with Gasteiger partial charge in [0.05, 0.1) is 26.7 Å². The van der Waals surface area contributed by atoms with Crippen molar-refractivity contribution in [3.05, 3.63) is 29.8 Å². The lowest BCUT2D eigenvalue weighted by atomic mass is 10.2. The van der Waals surface area contributed by atoms with Gasteiger partial charge in [0.15, 0.2) is 11.5 Å². The molecule has 0 aliphatic rings. The van der Waals surface area contributed by atoms with Crippen LogP contribution in [0.3, 0.4) is 0 Å². The van der Waals surface area contributed by atoms with E-state index in [2.05, 4.69) is 0 Å². The third-order valence-electron chi connectivity index (χ3n) is 3.60. The number of esters is 1. The highest BCUT2D eigenvalue weighted by Crippen LogP contribution is 2.28. The standard InChI is InChI=1S/C20H29NO5/c1-5-13-21(14-12-20(23)26-7-3)19(22)11-9-16-8-10-17(25-6-2)18(15-16)24-4/h8-11,15H,5-7,12-14H2,1-4H3/b11-9+. The molecule has 0 atom stereocenters. The molecule has 0 spiro atoms. The Morgan fingerprint density at radius 2 is 1.85 bits per heavy atom. The Kier molecular flexibility index (Phi) is 9.90. The molecule has 0 radical (unpaired) electrons. The van der Waals surface area contributed by atoms with Crippen molar-refractivity contribution in [2.45, 2.75) is 33.6 Å². The summed E-state index contributed by atoms with van der Waals surface area (Å²) < 4.78 is 15.7. The molecule has 144 valence electrons. The quantitative estimate of drug-likeness (QED) is 0.446. The van der Waals surface area contributed by atoms with E-state index in [1.165, 1.54) is 6.08 Å². The van der Waals surface area contributed by atoms with E-state index >= 15 is 0 Å². The zero-order valence-electron chi connectivity index (χ0n) is 16.1. The number of nitrogens with zero attached hydrogens (tertiary/aromatic N) is 1. The van der Waals surface area contributed by atoms with Crippen LogP contribution >= 0.6 is 0 Å². The first-order chi connectivity index (χ1) is 12.5. The van der Waals surface area contributed by atoms with Crippen LogP contribution < -0.4 is 9.47 Å². The van der Waals surface area contributed by atoms with Crippen LogP contribution in [0.4, 0.5) is 0 Å². The van der Waals surface area contributed by atoms with Gasteiger partial charge in [0.1, 0.15) is 0 Å². The largest absolute Gasteiger partial charge is 0.493 e. The van der Waals surface area contributed by atoms with Crippen LogP contribution in [0.5, 0.6) is 11.5 Å². The number of carbonyl (C=O) groups is 2. The average Bonchev–Trinajstić information content (AvgIpc) is 2.64. The second-order valence-corrected chi connectivity index (χ2v) is 5.56. The van der Waals surface area contributed by atoms with E-state index in [1.807, 2.05) is 32.0 Å². The minimum atomic E-state index is -0.290. The molecule has 26 heavy (non-hydrogen) atoms. The number of benzene rings is 1. The summed E-state index contributed by atoms with van der Waals surface area (Å²) in [5, 5.41) is 0. The van der Waals surface area contributed by atoms with Crippen molar-refractivity contribution in [3.63, 3.8) is 0 Å². The van der Waals surface area contributed by atoms with Crippen LogP contribution in [0.25, 0.3) is 6.08 Å². The van der Waals surface area contributed by atoms with Crippen molar-refractivity contribution < 1.29 is 23.8 Å². The summed E-state index contributed by atoms with van der Waals surface area (Å²) in [5.41, 5.74) is 0.834. The highest BCUT2D eigenvalue weighted by molar-refractivity contribution is 5.92. The molecule has 0 aromatic heterocycles. The molecule has 0 unspecified atom stereocenters. The predicted molar refractivity (Wildman–Crippen MR) is 101 cm³/mol. The lowest BCUT2D eigenvalue weighted by molar-refractivity contribution is -0.143. The monoisotopic (exact) mass is 363 g/mol. The number of amides is 1. The van der Waals surface area contributed by atoms with Gasteiger partial charge in [-0.2, -0.15) is 0 Å². The summed E-state index contributed by atoms with van der Waals surface area (Å²) in [6.45, 7) is 7.51. The van der Waals surface area contributed by atoms with Gasteiger partial charge in [-0.15, -0.1) is 0 Å². The topological polar surface area (TPSA) is 65.1 Å². The smallest absolute Gasteiger partial charge is 0.307 e. The maximum atomic E-state index is 12.4. The predicted octanol–water partition coefficient (Wildman–Crippen LogP) is 3.30. The number of hydrogen-bond acceptors (Lipinski definition) is 5. The van der Waals surface area contributed by atoms with E-state index in [0.717, 1.165) is 12.0 Å². The fourth-order valence-corrected chi connectivity index (χ4v) is 2.40. The zero-order valence-corrected chi connectivity index (χ0v) is 16.1. The lowest BCUT2D eigenvalue weighted by Crippen LogP contribution is -2.32. The molecule has 0 saturated heterocycles. The van der Waals surface area contributed by atoms with E-state index in [0.29, 0.717) is 37.8 Å². The molecule has 6 heteroatoms. The Bertz CT molecular complexity index is 612. The maximum absolute atomic E-state index is 12.4. The Labute approximate surface area is 155 Å². The van der Waals surface area contributed by atoms with Gasteiger partial charge in [0.25, 0.3) is 0 Å². The van der Waals surface area contributed by atoms with Gasteiger partial charge < -0.3 is 19.1 Å². The van der Waals surface area contributed by atoms with Crippen molar-refractivity contribution in [1.82, 2.24) is 4.90 Å². The number of ether oxygens (including phenoxy) is 3. The van der Waals surface area contributed by atoms with Gasteiger partial charge in [0, 0.05) is 19.2 Å². The number of rotatable bonds is 11. The first kappa shape index (κ1) is 21.5. The van der Waals surface area contributed by atoms with E-state index in [9.17, 15) is 9.59 Å². The molecule has 0 heterocycles. The summed E-state index contributed by atoms with van der Waals surface area (Å²) in [5.74, 6) is 0.861. The van der Waals surface area contributed by atoms with Gasteiger partial charge in [-0.3, -0.25) is 9.59 Å². The molecule has 0 fully saturated rings. The first-order valence-electron chi connectivity index (χ1n) is 8.99. The second-order valence-electron chi connectivity index (χ2n) is 5.56. The van der Waals surface area contributed by atoms with Crippen LogP contribution in [0.15, 0.2) is 24.3 Å². The van der Waals surface area contributed by atoms with Crippen LogP contribution in [0.2, 0.25) is 0 Å². The van der Waals surface area contributed by atoms with Gasteiger partial charge >= 0.3 is 5.97 Å². The van der Waals surface area contributed by atoms with E-state index in [-0.39, 0.29) is 18.3 Å². The van der Waals surface area contributed by atoms with Gasteiger partial charge in [-0.1, -0.05) is 13.0 Å². The molecule has 0 saturated carbocycles. The molecule has 0 bridgehead atoms. The SMILES string of the molecule is CCCN(CCC(=O)OCC)C(=O)/C=C/c1ccc(OCC)c(OC)c1. The molecule has 0 N–H and O–H groups in total. The average molecular weight is 363 g/mol. The normalized spacial score (nSPS) is 10.6. The Morgan fingerprint density at radius 1 is 1.08 bits per heavy atom. The Balaban J connectivity index is 2.76. The van der Waals surface area contributed by atoms with Gasteiger partial charge in [-0.05, 0) is 44.0 Å². The minimum Gasteiger partial charge on any atom is -0.493 e. The molecule has 0 aliphatic heterocycles. The van der Waals surface area contributed by atoms with E-state index < -0.39 is 0 Å². The fraction of sp³-hybridized carbons (Fsp3) is 0.500. The number of hydrogen-bond donors (Lipinski definition) is 0. The summed E-state index contributed by atoms with van der Waals surface area (Å²) >= 11 is 0. The molecule has 1 aromatic rings. The Morgan fingerprint density at radius 3 is 2.46 bits per heavy atom. The molecular weight excluding hydrogens is 334 g/mol. The third-order valence-corrected chi connectivity index (χ3v) is 3.60. The highest BCUT2D eigenvalue weighted by Gasteiger charge is 2.12. The van der Waals surface area contributed by atoms with Crippen LogP contribution in [-0.2, 0) is 14.3 Å². The summed E-state index contributed by atoms with van der Waals surface area (Å²) in [6, 6.07) is 5.49. The first-order valence-corrected chi connectivity index (χ1v) is 8.99. The van der Waals surface area contributed by atoms with Crippen molar-refractivity contribution >= 4 is 18.0 Å². The summed E-state index contributed by atoms with van der Waals surface area (Å²) in [7, 11) is 1.58. The summed E-state index contributed by atoms with van der Waals surface area (Å²) in [4.78, 5) is 25.6. The molecule has 1 aromatic carbocycles. The number of carbonyl (C=O) groups excluding carboxylic acids is 2. The third kappa shape index (κ3) is 7.17. The second kappa shape index (κ2) is 12.0. The molecule has 0 aliphatic carbocycles.